The average molecular weight is 644 g/mol. The van der Waals surface area contributed by atoms with Crippen molar-refractivity contribution in [3.8, 4) is 28.6 Å². The van der Waals surface area contributed by atoms with Crippen LogP contribution in [0.25, 0.3) is 22.4 Å². The maximum absolute atomic E-state index is 14.7. The van der Waals surface area contributed by atoms with E-state index in [1.807, 2.05) is 30.3 Å². The number of fused-ring (bicyclic) bond motifs is 3. The largest absolute Gasteiger partial charge is 0.496 e. The molecule has 2 N–H and O–H groups in total. The van der Waals surface area contributed by atoms with Gasteiger partial charge in [0.2, 0.25) is 23.1 Å². The fourth-order valence-corrected chi connectivity index (χ4v) is 6.61. The lowest BCUT2D eigenvalue weighted by Gasteiger charge is -2.35. The van der Waals surface area contributed by atoms with E-state index in [0.717, 1.165) is 0 Å². The fourth-order valence-electron chi connectivity index (χ4n) is 6.35. The normalized spacial score (nSPS) is 18.4. The van der Waals surface area contributed by atoms with Gasteiger partial charge in [0, 0.05) is 29.5 Å². The molecular formula is C34H27ClFN3O7. The van der Waals surface area contributed by atoms with Gasteiger partial charge >= 0.3 is 0 Å². The van der Waals surface area contributed by atoms with Gasteiger partial charge < -0.3 is 28.9 Å². The molecule has 3 aromatic carbocycles. The molecular weight excluding hydrogens is 617 g/mol. The van der Waals surface area contributed by atoms with Crippen LogP contribution in [0.3, 0.4) is 0 Å². The van der Waals surface area contributed by atoms with Crippen molar-refractivity contribution >= 4 is 40.1 Å². The maximum Gasteiger partial charge on any atom is 0.237 e. The van der Waals surface area contributed by atoms with Crippen LogP contribution in [0, 0.1) is 11.7 Å². The predicted molar refractivity (Wildman–Crippen MR) is 165 cm³/mol. The Morgan fingerprint density at radius 2 is 1.83 bits per heavy atom. The summed E-state index contributed by atoms with van der Waals surface area (Å²) in [5, 5.41) is 2.86. The molecule has 2 atom stereocenters. The Bertz CT molecular complexity index is 2070. The number of hydrogen-bond donors (Lipinski definition) is 2. The summed E-state index contributed by atoms with van der Waals surface area (Å²) in [5.41, 5.74) is 0.243. The lowest BCUT2D eigenvalue weighted by atomic mass is 9.70. The number of rotatable bonds is 7. The van der Waals surface area contributed by atoms with Crippen molar-refractivity contribution in [1.29, 1.82) is 0 Å². The first-order valence-corrected chi connectivity index (χ1v) is 14.9. The summed E-state index contributed by atoms with van der Waals surface area (Å²) < 4.78 is 37.1. The van der Waals surface area contributed by atoms with Crippen LogP contribution >= 0.6 is 11.6 Å². The van der Waals surface area contributed by atoms with Gasteiger partial charge in [-0.1, -0.05) is 48.9 Å². The summed E-state index contributed by atoms with van der Waals surface area (Å²) in [6.45, 7) is 1.76. The summed E-state index contributed by atoms with van der Waals surface area (Å²) in [6, 6.07) is 14.8. The van der Waals surface area contributed by atoms with Crippen LogP contribution in [0.5, 0.6) is 17.2 Å². The number of aromatic amines is 1. The Labute approximate surface area is 266 Å². The average Bonchev–Trinajstić information content (AvgIpc) is 3.72. The van der Waals surface area contributed by atoms with Crippen molar-refractivity contribution in [2.45, 2.75) is 31.9 Å². The molecule has 234 valence electrons. The van der Waals surface area contributed by atoms with Crippen molar-refractivity contribution in [1.82, 2.24) is 15.3 Å². The number of imidazole rings is 1. The third kappa shape index (κ3) is 4.45. The van der Waals surface area contributed by atoms with E-state index < -0.39 is 34.8 Å². The number of furan rings is 1. The maximum atomic E-state index is 14.7. The number of carbonyl (C=O) groups is 3. The number of nitrogens with zero attached hydrogens (tertiary/aromatic N) is 1. The van der Waals surface area contributed by atoms with Crippen LogP contribution in [0.1, 0.15) is 44.8 Å². The lowest BCUT2D eigenvalue weighted by molar-refractivity contribution is -0.120. The number of methoxy groups -OCH3 is 2. The van der Waals surface area contributed by atoms with Crippen LogP contribution in [0.15, 0.2) is 59.0 Å². The standard InChI is InChI=1S/C34H27ClFN3O7/c1-16-11-23-27(32(41)34(16)33(42)28-22(43-2)14-24(44-3)29(35)31(28)46-34)19(30(45-23)17-7-5-4-6-8-17)13-26(40)37-15-25-38-20-10-9-18(36)12-21(20)39-25/h4-10,12,14,16H,11,13,15H2,1-3H3,(H,37,40)(H,38,39)/t16-,34+/m1/s1. The first-order valence-electron chi connectivity index (χ1n) is 14.5. The SMILES string of the molecule is COc1cc(OC)c2c(c1Cl)O[C@@]1(C(=O)c3c(oc(-c4ccccc4)c3CC(=O)NCc3nc4ccc(F)cc4[nH]3)C[C@H]1C)C2=O. The van der Waals surface area contributed by atoms with Crippen molar-refractivity contribution in [3.63, 3.8) is 0 Å². The minimum Gasteiger partial charge on any atom is -0.496 e. The molecule has 1 spiro atoms. The summed E-state index contributed by atoms with van der Waals surface area (Å²) in [7, 11) is 2.82. The van der Waals surface area contributed by atoms with Gasteiger partial charge in [-0.05, 0) is 18.2 Å². The number of nitrogens with one attached hydrogen (secondary N) is 2. The zero-order valence-corrected chi connectivity index (χ0v) is 25.7. The summed E-state index contributed by atoms with van der Waals surface area (Å²) in [6.07, 6.45) is -0.0674. The van der Waals surface area contributed by atoms with Gasteiger partial charge in [0.25, 0.3) is 0 Å². The van der Waals surface area contributed by atoms with Crippen LogP contribution in [0.4, 0.5) is 4.39 Å². The van der Waals surface area contributed by atoms with Crippen molar-refractivity contribution < 1.29 is 37.4 Å². The Morgan fingerprint density at radius 3 is 2.57 bits per heavy atom. The second-order valence-corrected chi connectivity index (χ2v) is 11.7. The quantitative estimate of drug-likeness (QED) is 0.210. The molecule has 1 aliphatic carbocycles. The van der Waals surface area contributed by atoms with Crippen LogP contribution < -0.4 is 19.5 Å². The summed E-state index contributed by atoms with van der Waals surface area (Å²) in [4.78, 5) is 49.7. The first-order chi connectivity index (χ1) is 22.2. The molecule has 3 heterocycles. The summed E-state index contributed by atoms with van der Waals surface area (Å²) in [5.74, 6) is -1.20. The molecule has 0 bridgehead atoms. The molecule has 1 aliphatic heterocycles. The monoisotopic (exact) mass is 643 g/mol. The third-order valence-electron chi connectivity index (χ3n) is 8.57. The smallest absolute Gasteiger partial charge is 0.237 e. The lowest BCUT2D eigenvalue weighted by Crippen LogP contribution is -2.56. The van der Waals surface area contributed by atoms with Crippen LogP contribution in [0.2, 0.25) is 5.02 Å². The number of aromatic nitrogens is 2. The number of amides is 1. The van der Waals surface area contributed by atoms with E-state index in [0.29, 0.717) is 39.5 Å². The van der Waals surface area contributed by atoms with Gasteiger partial charge in [0.1, 0.15) is 45.2 Å². The second kappa shape index (κ2) is 11.0. The van der Waals surface area contributed by atoms with Gasteiger partial charge in [-0.25, -0.2) is 9.37 Å². The molecule has 1 amide bonds. The molecule has 0 unspecified atom stereocenters. The third-order valence-corrected chi connectivity index (χ3v) is 8.93. The molecule has 46 heavy (non-hydrogen) atoms. The van der Waals surface area contributed by atoms with E-state index in [2.05, 4.69) is 15.3 Å². The molecule has 2 aliphatic rings. The fraction of sp³-hybridized carbons (Fsp3) is 0.235. The molecule has 5 aromatic rings. The van der Waals surface area contributed by atoms with Crippen LogP contribution in [-0.4, -0.2) is 47.3 Å². The molecule has 0 saturated carbocycles. The molecule has 0 saturated heterocycles. The minimum atomic E-state index is -1.97. The highest BCUT2D eigenvalue weighted by atomic mass is 35.5. The number of ketones is 2. The zero-order chi connectivity index (χ0) is 32.3. The number of ether oxygens (including phenoxy) is 3. The predicted octanol–water partition coefficient (Wildman–Crippen LogP) is 5.88. The number of Topliss-reactive ketones (excluding diaryl/α,β-unsaturated/α-hetero) is 2. The van der Waals surface area contributed by atoms with Gasteiger partial charge in [-0.2, -0.15) is 0 Å². The van der Waals surface area contributed by atoms with E-state index in [1.54, 1.807) is 13.0 Å². The molecule has 12 heteroatoms. The van der Waals surface area contributed by atoms with E-state index in [-0.39, 0.29) is 52.8 Å². The first kappa shape index (κ1) is 29.5. The Hall–Kier alpha value is -5.16. The Balaban J connectivity index is 1.27. The topological polar surface area (TPSA) is 133 Å². The van der Waals surface area contributed by atoms with Gasteiger partial charge in [-0.3, -0.25) is 14.4 Å². The highest BCUT2D eigenvalue weighted by Gasteiger charge is 2.63. The van der Waals surface area contributed by atoms with Crippen molar-refractivity contribution in [2.75, 3.05) is 14.2 Å². The number of halogens is 2. The second-order valence-electron chi connectivity index (χ2n) is 11.3. The van der Waals surface area contributed by atoms with Gasteiger partial charge in [-0.15, -0.1) is 0 Å². The molecule has 0 fully saturated rings. The number of hydrogen-bond acceptors (Lipinski definition) is 8. The van der Waals surface area contributed by atoms with Gasteiger partial charge in [0.15, 0.2) is 5.75 Å². The Kier molecular flexibility index (Phi) is 7.08. The number of carbonyl (C=O) groups excluding carboxylic acids is 3. The molecule has 2 aromatic heterocycles. The summed E-state index contributed by atoms with van der Waals surface area (Å²) >= 11 is 6.58. The number of H-pyrrole nitrogens is 1. The van der Waals surface area contributed by atoms with Crippen LogP contribution in [-0.2, 0) is 24.2 Å². The Morgan fingerprint density at radius 1 is 1.09 bits per heavy atom. The van der Waals surface area contributed by atoms with Crippen molar-refractivity contribution in [2.24, 2.45) is 5.92 Å². The highest BCUT2D eigenvalue weighted by Crippen LogP contribution is 2.54. The van der Waals surface area contributed by atoms with Crippen molar-refractivity contribution in [3.05, 3.63) is 93.7 Å². The molecule has 10 nitrogen and oxygen atoms in total. The van der Waals surface area contributed by atoms with E-state index >= 15 is 0 Å². The van der Waals surface area contributed by atoms with E-state index in [4.69, 9.17) is 30.2 Å². The molecule has 7 rings (SSSR count). The highest BCUT2D eigenvalue weighted by molar-refractivity contribution is 6.36. The number of benzene rings is 3. The van der Waals surface area contributed by atoms with E-state index in [9.17, 15) is 18.8 Å². The van der Waals surface area contributed by atoms with E-state index in [1.165, 1.54) is 32.4 Å². The zero-order valence-electron chi connectivity index (χ0n) is 25.0. The minimum absolute atomic E-state index is 0.00306. The van der Waals surface area contributed by atoms with Gasteiger partial charge in [0.05, 0.1) is 43.8 Å². The molecule has 0 radical (unpaired) electrons.